The first-order valence-electron chi connectivity index (χ1n) is 6.76. The molecule has 0 saturated carbocycles. The Bertz CT molecular complexity index is 623. The Hall–Kier alpha value is -1.51. The number of nitro benzene ring substituents is 1. The fourth-order valence-electron chi connectivity index (χ4n) is 2.30. The van der Waals surface area contributed by atoms with Gasteiger partial charge in [0.05, 0.1) is 15.9 Å². The van der Waals surface area contributed by atoms with E-state index in [0.29, 0.717) is 12.0 Å². The van der Waals surface area contributed by atoms with Gasteiger partial charge in [0.1, 0.15) is 0 Å². The van der Waals surface area contributed by atoms with Crippen LogP contribution in [0.2, 0.25) is 0 Å². The van der Waals surface area contributed by atoms with Crippen molar-refractivity contribution in [2.45, 2.75) is 37.2 Å². The second-order valence-electron chi connectivity index (χ2n) is 5.03. The molecule has 1 N–H and O–H groups in total. The third-order valence-electron chi connectivity index (χ3n) is 3.45. The van der Waals surface area contributed by atoms with Gasteiger partial charge in [-0.3, -0.25) is 10.1 Å². The minimum absolute atomic E-state index is 0.0518. The van der Waals surface area contributed by atoms with Crippen LogP contribution in [-0.2, 0) is 14.8 Å². The molecule has 1 fully saturated rings. The van der Waals surface area contributed by atoms with E-state index in [9.17, 15) is 18.5 Å². The van der Waals surface area contributed by atoms with Gasteiger partial charge in [-0.05, 0) is 31.7 Å². The lowest BCUT2D eigenvalue weighted by Gasteiger charge is -2.11. The van der Waals surface area contributed by atoms with Gasteiger partial charge in [0, 0.05) is 25.3 Å². The molecule has 0 bridgehead atoms. The molecule has 21 heavy (non-hydrogen) atoms. The summed E-state index contributed by atoms with van der Waals surface area (Å²) in [6.45, 7) is 2.59. The largest absolute Gasteiger partial charge is 0.378 e. The molecule has 0 aliphatic carbocycles. The highest BCUT2D eigenvalue weighted by molar-refractivity contribution is 7.89. The molecule has 1 aromatic rings. The molecule has 0 spiro atoms. The van der Waals surface area contributed by atoms with Crippen LogP contribution in [0.25, 0.3) is 0 Å². The topological polar surface area (TPSA) is 98.5 Å². The number of rotatable bonds is 6. The van der Waals surface area contributed by atoms with Gasteiger partial charge >= 0.3 is 0 Å². The summed E-state index contributed by atoms with van der Waals surface area (Å²) in [6, 6.07) is 3.82. The Balaban J connectivity index is 2.07. The molecule has 1 unspecified atom stereocenters. The summed E-state index contributed by atoms with van der Waals surface area (Å²) in [7, 11) is -3.75. The van der Waals surface area contributed by atoms with E-state index in [1.54, 1.807) is 6.92 Å². The van der Waals surface area contributed by atoms with Crippen molar-refractivity contribution in [1.82, 2.24) is 4.72 Å². The van der Waals surface area contributed by atoms with Crippen LogP contribution < -0.4 is 4.72 Å². The molecule has 8 heteroatoms. The van der Waals surface area contributed by atoms with Crippen LogP contribution in [0.5, 0.6) is 0 Å². The lowest BCUT2D eigenvalue weighted by molar-refractivity contribution is -0.385. The normalized spacial score (nSPS) is 18.8. The zero-order chi connectivity index (χ0) is 15.5. The number of nitrogens with one attached hydrogen (secondary N) is 1. The molecule has 0 radical (unpaired) electrons. The molecule has 0 amide bonds. The molecule has 1 aliphatic rings. The second kappa shape index (κ2) is 6.50. The van der Waals surface area contributed by atoms with Crippen LogP contribution in [0.4, 0.5) is 5.69 Å². The average molecular weight is 314 g/mol. The molecule has 1 saturated heterocycles. The minimum atomic E-state index is -3.75. The molecule has 1 aromatic carbocycles. The summed E-state index contributed by atoms with van der Waals surface area (Å²) in [4.78, 5) is 10.1. The van der Waals surface area contributed by atoms with Crippen molar-refractivity contribution < 1.29 is 18.1 Å². The Morgan fingerprint density at radius 1 is 1.48 bits per heavy atom. The predicted molar refractivity (Wildman–Crippen MR) is 76.6 cm³/mol. The van der Waals surface area contributed by atoms with Crippen LogP contribution in [0.1, 0.15) is 24.8 Å². The molecule has 1 heterocycles. The van der Waals surface area contributed by atoms with Crippen molar-refractivity contribution in [3.8, 4) is 0 Å². The first-order chi connectivity index (χ1) is 9.90. The van der Waals surface area contributed by atoms with Gasteiger partial charge in [0.2, 0.25) is 10.0 Å². The number of sulfonamides is 1. The van der Waals surface area contributed by atoms with E-state index < -0.39 is 14.9 Å². The average Bonchev–Trinajstić information content (AvgIpc) is 2.91. The first kappa shape index (κ1) is 15.9. The van der Waals surface area contributed by atoms with Gasteiger partial charge in [0.15, 0.2) is 0 Å². The van der Waals surface area contributed by atoms with Gasteiger partial charge in [-0.1, -0.05) is 6.07 Å². The molecule has 116 valence electrons. The predicted octanol–water partition coefficient (Wildman–Crippen LogP) is 1.75. The number of ether oxygens (including phenoxy) is 1. The number of benzene rings is 1. The minimum Gasteiger partial charge on any atom is -0.378 e. The Labute approximate surface area is 123 Å². The Kier molecular flexibility index (Phi) is 4.92. The summed E-state index contributed by atoms with van der Waals surface area (Å²) in [6.07, 6.45) is 2.64. The highest BCUT2D eigenvalue weighted by Gasteiger charge is 2.21. The van der Waals surface area contributed by atoms with E-state index in [0.717, 1.165) is 25.5 Å². The summed E-state index contributed by atoms with van der Waals surface area (Å²) >= 11 is 0. The number of nitro groups is 1. The maximum Gasteiger partial charge on any atom is 0.270 e. The third kappa shape index (κ3) is 3.99. The lowest BCUT2D eigenvalue weighted by Crippen LogP contribution is -2.27. The number of aryl methyl sites for hydroxylation is 1. The monoisotopic (exact) mass is 314 g/mol. The smallest absolute Gasteiger partial charge is 0.270 e. The molecule has 0 aromatic heterocycles. The van der Waals surface area contributed by atoms with E-state index in [2.05, 4.69) is 4.72 Å². The highest BCUT2D eigenvalue weighted by Crippen LogP contribution is 2.22. The Morgan fingerprint density at radius 3 is 2.86 bits per heavy atom. The maximum atomic E-state index is 12.2. The van der Waals surface area contributed by atoms with Crippen LogP contribution >= 0.6 is 0 Å². The van der Waals surface area contributed by atoms with E-state index in [-0.39, 0.29) is 23.2 Å². The highest BCUT2D eigenvalue weighted by atomic mass is 32.2. The molecule has 7 nitrogen and oxygen atoms in total. The zero-order valence-corrected chi connectivity index (χ0v) is 12.6. The van der Waals surface area contributed by atoms with Crippen molar-refractivity contribution in [2.24, 2.45) is 0 Å². The van der Waals surface area contributed by atoms with Crippen molar-refractivity contribution in [2.75, 3.05) is 13.2 Å². The summed E-state index contributed by atoms with van der Waals surface area (Å²) in [5, 5.41) is 10.8. The first-order valence-corrected chi connectivity index (χ1v) is 8.25. The van der Waals surface area contributed by atoms with Gasteiger partial charge in [-0.2, -0.15) is 0 Å². The van der Waals surface area contributed by atoms with Crippen molar-refractivity contribution >= 4 is 15.7 Å². The van der Waals surface area contributed by atoms with Crippen LogP contribution in [0, 0.1) is 17.0 Å². The molecule has 1 atom stereocenters. The SMILES string of the molecule is Cc1ccc([N+](=O)[O-])cc1S(=O)(=O)NCCC1CCCO1. The maximum absolute atomic E-state index is 12.2. The molecular weight excluding hydrogens is 296 g/mol. The number of non-ortho nitro benzene ring substituents is 1. The van der Waals surface area contributed by atoms with Gasteiger partial charge in [0.25, 0.3) is 5.69 Å². The second-order valence-corrected chi connectivity index (χ2v) is 6.76. The van der Waals surface area contributed by atoms with E-state index >= 15 is 0 Å². The zero-order valence-electron chi connectivity index (χ0n) is 11.7. The van der Waals surface area contributed by atoms with Gasteiger partial charge in [-0.15, -0.1) is 0 Å². The fraction of sp³-hybridized carbons (Fsp3) is 0.538. The summed E-state index contributed by atoms with van der Waals surface area (Å²) < 4.78 is 32.4. The number of hydrogen-bond donors (Lipinski definition) is 1. The number of nitrogens with zero attached hydrogens (tertiary/aromatic N) is 1. The molecule has 2 rings (SSSR count). The van der Waals surface area contributed by atoms with Crippen LogP contribution in [0.3, 0.4) is 0 Å². The molecule has 1 aliphatic heterocycles. The summed E-state index contributed by atoms with van der Waals surface area (Å²) in [5.41, 5.74) is 0.241. The third-order valence-corrected chi connectivity index (χ3v) is 5.06. The summed E-state index contributed by atoms with van der Waals surface area (Å²) in [5.74, 6) is 0. The fourth-order valence-corrected chi connectivity index (χ4v) is 3.61. The standard InChI is InChI=1S/C13H18N2O5S/c1-10-4-5-11(15(16)17)9-13(10)21(18,19)14-7-6-12-3-2-8-20-12/h4-5,9,12,14H,2-3,6-8H2,1H3. The van der Waals surface area contributed by atoms with Crippen molar-refractivity contribution in [1.29, 1.82) is 0 Å². The van der Waals surface area contributed by atoms with Crippen LogP contribution in [0.15, 0.2) is 23.1 Å². The van der Waals surface area contributed by atoms with E-state index in [1.165, 1.54) is 12.1 Å². The number of hydrogen-bond acceptors (Lipinski definition) is 5. The quantitative estimate of drug-likeness (QED) is 0.637. The van der Waals surface area contributed by atoms with Crippen molar-refractivity contribution in [3.63, 3.8) is 0 Å². The van der Waals surface area contributed by atoms with Gasteiger partial charge < -0.3 is 4.74 Å². The lowest BCUT2D eigenvalue weighted by atomic mass is 10.2. The Morgan fingerprint density at radius 2 is 2.24 bits per heavy atom. The molecular formula is C13H18N2O5S. The van der Waals surface area contributed by atoms with E-state index in [1.807, 2.05) is 0 Å². The van der Waals surface area contributed by atoms with Gasteiger partial charge in [-0.25, -0.2) is 13.1 Å². The van der Waals surface area contributed by atoms with Crippen molar-refractivity contribution in [3.05, 3.63) is 33.9 Å². The van der Waals surface area contributed by atoms with E-state index in [4.69, 9.17) is 4.74 Å². The van der Waals surface area contributed by atoms with Crippen LogP contribution in [-0.4, -0.2) is 32.6 Å².